The molecule has 1 spiro atoms. The largest absolute Gasteiger partial charge is 0.316 e. The molecule has 1 nitrogen and oxygen atoms in total. The Morgan fingerprint density at radius 1 is 0.900 bits per heavy atom. The highest BCUT2D eigenvalue weighted by molar-refractivity contribution is 8.93. The first-order chi connectivity index (χ1) is 4.41. The Morgan fingerprint density at radius 2 is 1.50 bits per heavy atom. The zero-order valence-corrected chi connectivity index (χ0v) is 8.07. The summed E-state index contributed by atoms with van der Waals surface area (Å²) in [4.78, 5) is 0. The monoisotopic (exact) mass is 205 g/mol. The van der Waals surface area contributed by atoms with Gasteiger partial charge in [-0.05, 0) is 18.3 Å². The van der Waals surface area contributed by atoms with Crippen LogP contribution in [0.25, 0.3) is 0 Å². The summed E-state index contributed by atoms with van der Waals surface area (Å²) >= 11 is 0. The summed E-state index contributed by atoms with van der Waals surface area (Å²) in [7, 11) is 0. The van der Waals surface area contributed by atoms with Gasteiger partial charge in [0.05, 0.1) is 0 Å². The first-order valence-electron chi connectivity index (χ1n) is 4.12. The average Bonchev–Trinajstić information content (AvgIpc) is 1.87. The van der Waals surface area contributed by atoms with E-state index >= 15 is 0 Å². The van der Waals surface area contributed by atoms with E-state index in [0.29, 0.717) is 0 Å². The fourth-order valence-corrected chi connectivity index (χ4v) is 2.13. The van der Waals surface area contributed by atoms with Gasteiger partial charge in [-0.15, -0.1) is 17.0 Å². The zero-order chi connectivity index (χ0) is 6.16. The fraction of sp³-hybridized carbons (Fsp3) is 1.00. The lowest BCUT2D eigenvalue weighted by molar-refractivity contribution is 0.107. The molecule has 2 aliphatic rings. The maximum absolute atomic E-state index is 3.37. The Labute approximate surface area is 73.3 Å². The number of nitrogens with one attached hydrogen (secondary N) is 1. The summed E-state index contributed by atoms with van der Waals surface area (Å²) in [5.74, 6) is 0. The molecule has 2 heteroatoms. The van der Waals surface area contributed by atoms with Crippen molar-refractivity contribution in [2.75, 3.05) is 13.1 Å². The molecule has 0 aromatic rings. The van der Waals surface area contributed by atoms with Gasteiger partial charge in [0.25, 0.3) is 0 Å². The van der Waals surface area contributed by atoms with Gasteiger partial charge in [-0.2, -0.15) is 0 Å². The standard InChI is InChI=1S/C8H15N.BrH/c1-2-4-8(5-3-1)6-9-7-8;/h9H,1-7H2;1H. The van der Waals surface area contributed by atoms with Crippen LogP contribution < -0.4 is 5.32 Å². The lowest BCUT2D eigenvalue weighted by Gasteiger charge is -2.45. The van der Waals surface area contributed by atoms with Crippen LogP contribution in [-0.2, 0) is 0 Å². The minimum atomic E-state index is 0. The number of hydrogen-bond donors (Lipinski definition) is 1. The topological polar surface area (TPSA) is 12.0 Å². The molecular weight excluding hydrogens is 190 g/mol. The molecule has 0 atom stereocenters. The van der Waals surface area contributed by atoms with E-state index in [4.69, 9.17) is 0 Å². The molecule has 1 aliphatic heterocycles. The van der Waals surface area contributed by atoms with Crippen LogP contribution >= 0.6 is 17.0 Å². The lowest BCUT2D eigenvalue weighted by Crippen LogP contribution is -2.54. The van der Waals surface area contributed by atoms with Crippen molar-refractivity contribution in [3.05, 3.63) is 0 Å². The van der Waals surface area contributed by atoms with Gasteiger partial charge in [0, 0.05) is 13.1 Å². The predicted molar refractivity (Wildman–Crippen MR) is 48.7 cm³/mol. The first kappa shape index (κ1) is 8.54. The van der Waals surface area contributed by atoms with Gasteiger partial charge < -0.3 is 5.32 Å². The van der Waals surface area contributed by atoms with Crippen molar-refractivity contribution in [3.63, 3.8) is 0 Å². The van der Waals surface area contributed by atoms with Crippen molar-refractivity contribution in [3.8, 4) is 0 Å². The predicted octanol–water partition coefficient (Wildman–Crippen LogP) is 2.12. The van der Waals surface area contributed by atoms with Gasteiger partial charge in [-0.25, -0.2) is 0 Å². The lowest BCUT2D eigenvalue weighted by atomic mass is 9.70. The maximum Gasteiger partial charge on any atom is 0.00202 e. The van der Waals surface area contributed by atoms with Gasteiger partial charge in [0.1, 0.15) is 0 Å². The summed E-state index contributed by atoms with van der Waals surface area (Å²) in [6, 6.07) is 0. The van der Waals surface area contributed by atoms with Gasteiger partial charge in [0.2, 0.25) is 0 Å². The van der Waals surface area contributed by atoms with Crippen LogP contribution in [0.15, 0.2) is 0 Å². The van der Waals surface area contributed by atoms with Crippen LogP contribution in [0.2, 0.25) is 0 Å². The normalized spacial score (nSPS) is 28.8. The molecule has 1 N–H and O–H groups in total. The molecule has 0 bridgehead atoms. The number of halogens is 1. The van der Waals surface area contributed by atoms with Gasteiger partial charge in [-0.3, -0.25) is 0 Å². The van der Waals surface area contributed by atoms with E-state index in [9.17, 15) is 0 Å². The zero-order valence-electron chi connectivity index (χ0n) is 6.36. The molecule has 2 fully saturated rings. The summed E-state index contributed by atoms with van der Waals surface area (Å²) < 4.78 is 0. The maximum atomic E-state index is 3.37. The molecule has 1 heterocycles. The minimum Gasteiger partial charge on any atom is -0.316 e. The SMILES string of the molecule is Br.C1CCC2(CC1)CNC2. The molecule has 0 aromatic carbocycles. The van der Waals surface area contributed by atoms with Crippen molar-refractivity contribution >= 4 is 17.0 Å². The van der Waals surface area contributed by atoms with Gasteiger partial charge in [0.15, 0.2) is 0 Å². The first-order valence-corrected chi connectivity index (χ1v) is 4.12. The van der Waals surface area contributed by atoms with E-state index in [-0.39, 0.29) is 17.0 Å². The molecule has 0 radical (unpaired) electrons. The van der Waals surface area contributed by atoms with Gasteiger partial charge >= 0.3 is 0 Å². The van der Waals surface area contributed by atoms with Crippen LogP contribution in [0.5, 0.6) is 0 Å². The van der Waals surface area contributed by atoms with Crippen LogP contribution in [0.4, 0.5) is 0 Å². The molecule has 0 unspecified atom stereocenters. The highest BCUT2D eigenvalue weighted by Gasteiger charge is 2.37. The second kappa shape index (κ2) is 3.22. The summed E-state index contributed by atoms with van der Waals surface area (Å²) in [5.41, 5.74) is 0.790. The van der Waals surface area contributed by atoms with Crippen molar-refractivity contribution in [1.29, 1.82) is 0 Å². The highest BCUT2D eigenvalue weighted by Crippen LogP contribution is 2.38. The molecule has 1 saturated carbocycles. The Kier molecular flexibility index (Phi) is 2.75. The second-order valence-electron chi connectivity index (χ2n) is 3.66. The van der Waals surface area contributed by atoms with Crippen molar-refractivity contribution < 1.29 is 0 Å². The third-order valence-corrected chi connectivity index (χ3v) is 2.91. The number of rotatable bonds is 0. The van der Waals surface area contributed by atoms with Crippen molar-refractivity contribution in [2.24, 2.45) is 5.41 Å². The Bertz CT molecular complexity index is 102. The molecule has 0 amide bonds. The van der Waals surface area contributed by atoms with E-state index in [1.54, 1.807) is 0 Å². The fourth-order valence-electron chi connectivity index (χ4n) is 2.13. The molecule has 2 rings (SSSR count). The molecular formula is C8H16BrN. The summed E-state index contributed by atoms with van der Waals surface area (Å²) in [5, 5.41) is 3.37. The Hall–Kier alpha value is 0.440. The Balaban J connectivity index is 0.000000500. The van der Waals surface area contributed by atoms with Crippen LogP contribution in [0, 0.1) is 5.41 Å². The summed E-state index contributed by atoms with van der Waals surface area (Å²) in [6.45, 7) is 2.62. The van der Waals surface area contributed by atoms with Crippen LogP contribution in [0.3, 0.4) is 0 Å². The third kappa shape index (κ3) is 1.37. The number of hydrogen-bond acceptors (Lipinski definition) is 1. The third-order valence-electron chi connectivity index (χ3n) is 2.91. The Morgan fingerprint density at radius 3 is 1.80 bits per heavy atom. The van der Waals surface area contributed by atoms with E-state index in [1.807, 2.05) is 0 Å². The van der Waals surface area contributed by atoms with Crippen molar-refractivity contribution in [2.45, 2.75) is 32.1 Å². The van der Waals surface area contributed by atoms with Gasteiger partial charge in [-0.1, -0.05) is 19.3 Å². The average molecular weight is 206 g/mol. The smallest absolute Gasteiger partial charge is 0.00202 e. The summed E-state index contributed by atoms with van der Waals surface area (Å²) in [6.07, 6.45) is 7.46. The second-order valence-corrected chi connectivity index (χ2v) is 3.66. The van der Waals surface area contributed by atoms with Crippen molar-refractivity contribution in [1.82, 2.24) is 5.32 Å². The molecule has 1 aliphatic carbocycles. The quantitative estimate of drug-likeness (QED) is 0.640. The molecule has 1 saturated heterocycles. The molecule has 60 valence electrons. The van der Waals surface area contributed by atoms with Crippen LogP contribution in [-0.4, -0.2) is 13.1 Å². The van der Waals surface area contributed by atoms with Crippen LogP contribution in [0.1, 0.15) is 32.1 Å². The molecule has 0 aromatic heterocycles. The van der Waals surface area contributed by atoms with E-state index in [0.717, 1.165) is 5.41 Å². The van der Waals surface area contributed by atoms with E-state index in [2.05, 4.69) is 5.32 Å². The van der Waals surface area contributed by atoms with E-state index < -0.39 is 0 Å². The molecule has 10 heavy (non-hydrogen) atoms. The highest BCUT2D eigenvalue weighted by atomic mass is 79.9. The van der Waals surface area contributed by atoms with E-state index in [1.165, 1.54) is 45.2 Å². The minimum absolute atomic E-state index is 0.